The molecule has 0 saturated carbocycles. The van der Waals surface area contributed by atoms with Crippen molar-refractivity contribution >= 4 is 84.5 Å². The number of amides is 7. The summed E-state index contributed by atoms with van der Waals surface area (Å²) in [5.41, 5.74) is 7.61. The average Bonchev–Trinajstić information content (AvgIpc) is 4.10. The zero-order valence-electron chi connectivity index (χ0n) is 39.1. The first-order chi connectivity index (χ1) is 34.9. The summed E-state index contributed by atoms with van der Waals surface area (Å²) in [6.45, 7) is 0. The van der Waals surface area contributed by atoms with Crippen molar-refractivity contribution in [1.29, 1.82) is 0 Å². The van der Waals surface area contributed by atoms with Crippen LogP contribution in [0, 0.1) is 0 Å². The van der Waals surface area contributed by atoms with Crippen LogP contribution in [0.4, 0.5) is 0 Å². The van der Waals surface area contributed by atoms with Crippen molar-refractivity contribution in [3.05, 3.63) is 108 Å². The van der Waals surface area contributed by atoms with E-state index in [1.807, 2.05) is 0 Å². The molecular weight excluding hydrogens is 993 g/mol. The minimum atomic E-state index is -1.64. The van der Waals surface area contributed by atoms with Gasteiger partial charge < -0.3 is 68.2 Å². The Hall–Kier alpha value is -7.78. The number of carbonyl (C=O) groups is 10. The standard InChI is InChI=1S/C46H58N12O13S2/c47-29(21-72)39(63)52-30(11-13-37(59)60)40(64)54-32(15-25-7-3-1-4-8-25)42(66)56-34(17-27-19-48-23-50-27)44(68)58-36(22-73)45(69)53-31(12-14-38(61)62)41(65)55-33(16-26-9-5-2-6-10-26)43(67)57-35(46(70)71)18-28-20-49-24-51-28/h1-10,19-20,23-24,29-36,72-73H,11-18,21-22,47H2,(H,48,50)(H,49,51)(H,52,63)(H,53,69)(H,54,64)(H,55,65)(H,56,66)(H,57,67)(H,58,68)(H,59,60)(H,61,62)(H,70,71)/t29-,30-,31-,32-,33-,34-,35-,36-/m0/s1. The first-order valence-corrected chi connectivity index (χ1v) is 23.9. The summed E-state index contributed by atoms with van der Waals surface area (Å²) in [4.78, 5) is 145. The first-order valence-electron chi connectivity index (χ1n) is 22.7. The molecule has 0 spiro atoms. The maximum Gasteiger partial charge on any atom is 0.326 e. The molecule has 4 aromatic rings. The molecule has 7 amide bonds. The Balaban J connectivity index is 1.57. The predicted octanol–water partition coefficient (Wildman–Crippen LogP) is -2.20. The van der Waals surface area contributed by atoms with E-state index in [1.54, 1.807) is 60.7 Å². The lowest BCUT2D eigenvalue weighted by molar-refractivity contribution is -0.142. The molecule has 0 bridgehead atoms. The number of H-pyrrole nitrogens is 2. The molecule has 2 heterocycles. The van der Waals surface area contributed by atoms with Gasteiger partial charge >= 0.3 is 17.9 Å². The minimum absolute atomic E-state index is 0.101. The van der Waals surface area contributed by atoms with Crippen LogP contribution in [-0.4, -0.2) is 154 Å². The second kappa shape index (κ2) is 29.5. The van der Waals surface area contributed by atoms with Crippen LogP contribution in [0.2, 0.25) is 0 Å². The number of nitrogens with two attached hydrogens (primary N) is 1. The summed E-state index contributed by atoms with van der Waals surface area (Å²) in [7, 11) is 0. The number of aromatic nitrogens is 4. The van der Waals surface area contributed by atoms with Gasteiger partial charge in [0.05, 0.1) is 18.7 Å². The van der Waals surface area contributed by atoms with E-state index in [-0.39, 0.29) is 37.9 Å². The summed E-state index contributed by atoms with van der Waals surface area (Å²) < 4.78 is 0. The Kier molecular flexibility index (Phi) is 23.4. The van der Waals surface area contributed by atoms with Crippen LogP contribution < -0.4 is 43.0 Å². The number of aromatic amines is 2. The Labute approximate surface area is 428 Å². The zero-order chi connectivity index (χ0) is 53.5. The van der Waals surface area contributed by atoms with Gasteiger partial charge in [0.15, 0.2) is 0 Å². The van der Waals surface area contributed by atoms with Crippen LogP contribution in [0.5, 0.6) is 0 Å². The number of carbonyl (C=O) groups excluding carboxylic acids is 7. The molecular formula is C46H58N12O13S2. The van der Waals surface area contributed by atoms with E-state index < -0.39 is 133 Å². The normalized spacial score (nSPS) is 14.2. The lowest BCUT2D eigenvalue weighted by Crippen LogP contribution is -2.61. The van der Waals surface area contributed by atoms with Crippen LogP contribution in [0.15, 0.2) is 85.7 Å². The number of nitrogens with one attached hydrogen (secondary N) is 9. The fourth-order valence-electron chi connectivity index (χ4n) is 7.02. The van der Waals surface area contributed by atoms with E-state index in [2.05, 4.69) is 82.4 Å². The molecule has 73 heavy (non-hydrogen) atoms. The van der Waals surface area contributed by atoms with E-state index in [1.165, 1.54) is 25.0 Å². The molecule has 392 valence electrons. The van der Waals surface area contributed by atoms with Gasteiger partial charge in [0.25, 0.3) is 0 Å². The molecule has 8 atom stereocenters. The van der Waals surface area contributed by atoms with Gasteiger partial charge in [0.2, 0.25) is 41.4 Å². The SMILES string of the molecule is N[C@@H](CS)C(=O)N[C@@H](CCC(=O)O)C(=O)N[C@@H](Cc1ccccc1)C(=O)N[C@@H](Cc1cnc[nH]1)C(=O)N[C@@H](CS)C(=O)N[C@@H](CCC(=O)O)C(=O)N[C@@H](Cc1ccccc1)C(=O)N[C@@H](Cc1cnc[nH]1)C(=O)O. The zero-order valence-corrected chi connectivity index (χ0v) is 40.9. The van der Waals surface area contributed by atoms with Gasteiger partial charge in [-0.25, -0.2) is 14.8 Å². The monoisotopic (exact) mass is 1050 g/mol. The Morgan fingerprint density at radius 2 is 0.808 bits per heavy atom. The smallest absolute Gasteiger partial charge is 0.326 e. The number of hydrogen-bond acceptors (Lipinski definition) is 15. The molecule has 4 rings (SSSR count). The van der Waals surface area contributed by atoms with Crippen molar-refractivity contribution in [2.24, 2.45) is 5.73 Å². The third-order valence-electron chi connectivity index (χ3n) is 10.9. The number of nitrogens with zero attached hydrogens (tertiary/aromatic N) is 2. The molecule has 0 aliphatic rings. The fraction of sp³-hybridized carbons (Fsp3) is 0.391. The highest BCUT2D eigenvalue weighted by atomic mass is 32.1. The largest absolute Gasteiger partial charge is 0.481 e. The van der Waals surface area contributed by atoms with E-state index in [9.17, 15) is 63.3 Å². The summed E-state index contributed by atoms with van der Waals surface area (Å²) in [5.74, 6) is -11.1. The Morgan fingerprint density at radius 1 is 0.466 bits per heavy atom. The predicted molar refractivity (Wildman–Crippen MR) is 265 cm³/mol. The summed E-state index contributed by atoms with van der Waals surface area (Å²) in [5, 5.41) is 46.2. The van der Waals surface area contributed by atoms with Crippen LogP contribution >= 0.6 is 25.3 Å². The Morgan fingerprint density at radius 3 is 1.18 bits per heavy atom. The number of carboxylic acids is 3. The molecule has 2 aromatic heterocycles. The number of rotatable bonds is 31. The van der Waals surface area contributed by atoms with Crippen LogP contribution in [-0.2, 0) is 73.6 Å². The number of benzene rings is 2. The first kappa shape index (κ1) is 57.8. The highest BCUT2D eigenvalue weighted by molar-refractivity contribution is 7.80. The molecule has 25 nitrogen and oxygen atoms in total. The summed E-state index contributed by atoms with van der Waals surface area (Å²) >= 11 is 8.24. The number of carboxylic acid groups (broad SMARTS) is 3. The van der Waals surface area contributed by atoms with Crippen molar-refractivity contribution < 1.29 is 63.3 Å². The van der Waals surface area contributed by atoms with E-state index >= 15 is 0 Å². The molecule has 0 saturated heterocycles. The lowest BCUT2D eigenvalue weighted by atomic mass is 10.0. The van der Waals surface area contributed by atoms with Crippen LogP contribution in [0.1, 0.15) is 48.2 Å². The van der Waals surface area contributed by atoms with Gasteiger partial charge in [0.1, 0.15) is 42.3 Å². The van der Waals surface area contributed by atoms with Gasteiger partial charge in [0, 0.05) is 73.8 Å². The molecule has 0 aliphatic carbocycles. The fourth-order valence-corrected chi connectivity index (χ4v) is 7.45. The molecule has 0 unspecified atom stereocenters. The van der Waals surface area contributed by atoms with Crippen molar-refractivity contribution in [3.63, 3.8) is 0 Å². The van der Waals surface area contributed by atoms with Crippen molar-refractivity contribution in [2.45, 2.75) is 99.7 Å². The van der Waals surface area contributed by atoms with Gasteiger partial charge in [-0.2, -0.15) is 25.3 Å². The molecule has 0 aliphatic heterocycles. The molecule has 27 heteroatoms. The number of thiol groups is 2. The molecule has 14 N–H and O–H groups in total. The molecule has 2 aromatic carbocycles. The third-order valence-corrected chi connectivity index (χ3v) is 11.7. The van der Waals surface area contributed by atoms with Crippen molar-refractivity contribution in [2.75, 3.05) is 11.5 Å². The lowest BCUT2D eigenvalue weighted by Gasteiger charge is -2.27. The quantitative estimate of drug-likeness (QED) is 0.0238. The van der Waals surface area contributed by atoms with Gasteiger partial charge in [-0.3, -0.25) is 43.2 Å². The highest BCUT2D eigenvalue weighted by Gasteiger charge is 2.35. The number of hydrogen-bond donors (Lipinski definition) is 15. The summed E-state index contributed by atoms with van der Waals surface area (Å²) in [6.07, 6.45) is 2.52. The number of imidazole rings is 2. The van der Waals surface area contributed by atoms with Crippen molar-refractivity contribution in [3.8, 4) is 0 Å². The summed E-state index contributed by atoms with van der Waals surface area (Å²) in [6, 6.07) is 5.06. The topological polar surface area (TPSA) is 399 Å². The van der Waals surface area contributed by atoms with Crippen LogP contribution in [0.25, 0.3) is 0 Å². The second-order valence-electron chi connectivity index (χ2n) is 16.5. The molecule has 0 radical (unpaired) electrons. The van der Waals surface area contributed by atoms with E-state index in [0.29, 0.717) is 22.5 Å². The van der Waals surface area contributed by atoms with Crippen LogP contribution in [0.3, 0.4) is 0 Å². The molecule has 0 fully saturated rings. The van der Waals surface area contributed by atoms with Gasteiger partial charge in [-0.1, -0.05) is 60.7 Å². The maximum atomic E-state index is 14.3. The Bertz CT molecular complexity index is 2490. The van der Waals surface area contributed by atoms with E-state index in [4.69, 9.17) is 5.73 Å². The highest BCUT2D eigenvalue weighted by Crippen LogP contribution is 2.11. The van der Waals surface area contributed by atoms with Gasteiger partial charge in [-0.15, -0.1) is 0 Å². The average molecular weight is 1050 g/mol. The van der Waals surface area contributed by atoms with Gasteiger partial charge in [-0.05, 0) is 24.0 Å². The van der Waals surface area contributed by atoms with Crippen molar-refractivity contribution in [1.82, 2.24) is 57.2 Å². The minimum Gasteiger partial charge on any atom is -0.481 e. The third kappa shape index (κ3) is 19.7. The maximum absolute atomic E-state index is 14.3. The van der Waals surface area contributed by atoms with E-state index in [0.717, 1.165) is 0 Å². The number of aliphatic carboxylic acids is 3. The second-order valence-corrected chi connectivity index (χ2v) is 17.3.